The van der Waals surface area contributed by atoms with Crippen LogP contribution < -0.4 is 16.4 Å². The maximum Gasteiger partial charge on any atom is 0.253 e. The second-order valence-corrected chi connectivity index (χ2v) is 11.9. The molecule has 0 radical (unpaired) electrons. The van der Waals surface area contributed by atoms with Crippen LogP contribution in [0.15, 0.2) is 82.6 Å². The monoisotopic (exact) mass is 651 g/mol. The van der Waals surface area contributed by atoms with Gasteiger partial charge in [0.1, 0.15) is 0 Å². The largest absolute Gasteiger partial charge is 0.356 e. The maximum atomic E-state index is 13.2. The van der Waals surface area contributed by atoms with Crippen LogP contribution in [-0.4, -0.2) is 31.4 Å². The van der Waals surface area contributed by atoms with Crippen molar-refractivity contribution in [3.8, 4) is 0 Å². The molecule has 0 spiro atoms. The number of nitrogens with zero attached hydrogens (tertiary/aromatic N) is 4. The van der Waals surface area contributed by atoms with Crippen LogP contribution in [0.4, 0.5) is 0 Å². The number of nitrogens with one attached hydrogen (secondary N) is 1. The van der Waals surface area contributed by atoms with Crippen molar-refractivity contribution in [2.24, 2.45) is 0 Å². The number of hydrogen-bond acceptors (Lipinski definition) is 5. The number of carbonyl (C=O) groups excluding carboxylic acids is 1. The summed E-state index contributed by atoms with van der Waals surface area (Å²) in [6.07, 6.45) is 5.92. The van der Waals surface area contributed by atoms with Gasteiger partial charge in [0.15, 0.2) is 6.23 Å². The number of fused-ring (bicyclic) bond motifs is 1. The van der Waals surface area contributed by atoms with Crippen molar-refractivity contribution >= 4 is 51.6 Å². The molecular weight excluding hydrogens is 625 g/mol. The van der Waals surface area contributed by atoms with Gasteiger partial charge in [-0.15, -0.1) is 0 Å². The van der Waals surface area contributed by atoms with Crippen LogP contribution in [-0.2, 0) is 24.4 Å². The van der Waals surface area contributed by atoms with E-state index < -0.39 is 0 Å². The van der Waals surface area contributed by atoms with Gasteiger partial charge in [-0.05, 0) is 72.9 Å². The summed E-state index contributed by atoms with van der Waals surface area (Å²) in [5, 5.41) is 9.91. The SMILES string of the molecule is O=C(NCc1nn(C2CCCCO2)c2ccc(Cl)cc12)c1ccc(=O)n(Cc2cc(Cl)c(Cn3ccccc3=O)cc2Cl)c1. The molecule has 1 aliphatic rings. The molecule has 1 amide bonds. The molecule has 0 saturated carbocycles. The third-order valence-electron chi connectivity index (χ3n) is 7.63. The van der Waals surface area contributed by atoms with E-state index in [1.807, 2.05) is 22.9 Å². The smallest absolute Gasteiger partial charge is 0.253 e. The van der Waals surface area contributed by atoms with Crippen LogP contribution >= 0.6 is 34.8 Å². The Hall–Kier alpha value is -3.89. The quantitative estimate of drug-likeness (QED) is 0.220. The number of amides is 1. The average Bonchev–Trinajstić information content (AvgIpc) is 3.38. The molecule has 1 fully saturated rings. The first-order valence-corrected chi connectivity index (χ1v) is 15.3. The molecule has 0 aliphatic carbocycles. The number of benzene rings is 2. The van der Waals surface area contributed by atoms with E-state index in [9.17, 15) is 14.4 Å². The van der Waals surface area contributed by atoms with Crippen molar-refractivity contribution in [2.45, 2.75) is 45.1 Å². The van der Waals surface area contributed by atoms with E-state index >= 15 is 0 Å². The van der Waals surface area contributed by atoms with Gasteiger partial charge in [0.25, 0.3) is 17.0 Å². The molecule has 1 aliphatic heterocycles. The Morgan fingerprint density at radius 2 is 1.66 bits per heavy atom. The fraction of sp³-hybridized carbons (Fsp3) is 0.250. The Morgan fingerprint density at radius 3 is 2.39 bits per heavy atom. The highest BCUT2D eigenvalue weighted by atomic mass is 35.5. The molecule has 3 aromatic heterocycles. The van der Waals surface area contributed by atoms with Crippen LogP contribution in [0.2, 0.25) is 15.1 Å². The standard InChI is InChI=1S/C32H28Cl3N5O4/c33-23-8-9-28-24(15-23)27(37-40(28)31-6-2-4-12-44-31)16-36-32(43)20-7-10-30(42)39(17-20)19-22-14-25(34)21(13-26(22)35)18-38-11-3-1-5-29(38)41/h1,3,5,7-11,13-15,17,31H,2,4,6,12,16,18-19H2,(H,36,43). The molecular formula is C32H28Cl3N5O4. The van der Waals surface area contributed by atoms with Gasteiger partial charge in [0.05, 0.1) is 36.4 Å². The van der Waals surface area contributed by atoms with Crippen molar-refractivity contribution in [2.75, 3.05) is 6.61 Å². The highest BCUT2D eigenvalue weighted by molar-refractivity contribution is 6.34. The third-order valence-corrected chi connectivity index (χ3v) is 8.57. The van der Waals surface area contributed by atoms with Crippen molar-refractivity contribution < 1.29 is 9.53 Å². The second kappa shape index (κ2) is 13.0. The van der Waals surface area contributed by atoms with Gasteiger partial charge in [-0.25, -0.2) is 4.68 Å². The number of halogens is 3. The van der Waals surface area contributed by atoms with E-state index in [2.05, 4.69) is 5.32 Å². The number of hydrogen-bond donors (Lipinski definition) is 1. The van der Waals surface area contributed by atoms with E-state index in [0.29, 0.717) is 44.1 Å². The highest BCUT2D eigenvalue weighted by Gasteiger charge is 2.22. The lowest BCUT2D eigenvalue weighted by molar-refractivity contribution is -0.0369. The predicted octanol–water partition coefficient (Wildman–Crippen LogP) is 6.05. The molecule has 9 nitrogen and oxygen atoms in total. The summed E-state index contributed by atoms with van der Waals surface area (Å²) < 4.78 is 10.7. The molecule has 1 unspecified atom stereocenters. The Morgan fingerprint density at radius 1 is 0.909 bits per heavy atom. The summed E-state index contributed by atoms with van der Waals surface area (Å²) in [6, 6.07) is 16.6. The number of carbonyl (C=O) groups is 1. The first-order valence-electron chi connectivity index (χ1n) is 14.2. The van der Waals surface area contributed by atoms with E-state index in [1.165, 1.54) is 33.5 Å². The zero-order chi connectivity index (χ0) is 30.8. The minimum Gasteiger partial charge on any atom is -0.356 e. The minimum atomic E-state index is -0.370. The topological polar surface area (TPSA) is 100 Å². The number of aromatic nitrogens is 4. The molecule has 1 N–H and O–H groups in total. The Balaban J connectivity index is 1.19. The summed E-state index contributed by atoms with van der Waals surface area (Å²) in [7, 11) is 0. The summed E-state index contributed by atoms with van der Waals surface area (Å²) in [4.78, 5) is 38.1. The van der Waals surface area contributed by atoms with Gasteiger partial charge in [0.2, 0.25) is 0 Å². The van der Waals surface area contributed by atoms with Crippen molar-refractivity contribution in [1.29, 1.82) is 0 Å². The van der Waals surface area contributed by atoms with Gasteiger partial charge >= 0.3 is 0 Å². The summed E-state index contributed by atoms with van der Waals surface area (Å²) in [5.41, 5.74) is 2.65. The van der Waals surface area contributed by atoms with Gasteiger partial charge in [-0.1, -0.05) is 40.9 Å². The maximum absolute atomic E-state index is 13.2. The van der Waals surface area contributed by atoms with Crippen LogP contribution in [0.3, 0.4) is 0 Å². The second-order valence-electron chi connectivity index (χ2n) is 10.6. The summed E-state index contributed by atoms with van der Waals surface area (Å²) >= 11 is 19.4. The Labute approximate surface area is 267 Å². The van der Waals surface area contributed by atoms with E-state index in [0.717, 1.165) is 30.2 Å². The number of rotatable bonds is 8. The lowest BCUT2D eigenvalue weighted by atomic mass is 10.1. The first-order chi connectivity index (χ1) is 21.3. The molecule has 12 heteroatoms. The molecule has 0 bridgehead atoms. The zero-order valence-corrected chi connectivity index (χ0v) is 25.8. The number of pyridine rings is 2. The molecule has 4 heterocycles. The molecule has 5 aromatic rings. The molecule has 2 aromatic carbocycles. The van der Waals surface area contributed by atoms with Gasteiger partial charge in [-0.3, -0.25) is 14.4 Å². The van der Waals surface area contributed by atoms with Crippen LogP contribution in [0.25, 0.3) is 10.9 Å². The van der Waals surface area contributed by atoms with E-state index in [4.69, 9.17) is 44.6 Å². The molecule has 1 atom stereocenters. The highest BCUT2D eigenvalue weighted by Crippen LogP contribution is 2.30. The number of ether oxygens (including phenoxy) is 1. The van der Waals surface area contributed by atoms with Crippen LogP contribution in [0, 0.1) is 0 Å². The van der Waals surface area contributed by atoms with Crippen molar-refractivity contribution in [3.63, 3.8) is 0 Å². The normalized spacial score (nSPS) is 15.0. The fourth-order valence-electron chi connectivity index (χ4n) is 5.33. The van der Waals surface area contributed by atoms with Gasteiger partial charge < -0.3 is 19.2 Å². The molecule has 44 heavy (non-hydrogen) atoms. The van der Waals surface area contributed by atoms with Gasteiger partial charge in [0, 0.05) is 51.6 Å². The molecule has 226 valence electrons. The summed E-state index contributed by atoms with van der Waals surface area (Å²) in [6.45, 7) is 1.18. The lowest BCUT2D eigenvalue weighted by Crippen LogP contribution is -2.27. The van der Waals surface area contributed by atoms with Crippen molar-refractivity contribution in [1.82, 2.24) is 24.2 Å². The average molecular weight is 653 g/mol. The van der Waals surface area contributed by atoms with E-state index in [1.54, 1.807) is 30.5 Å². The molecule has 1 saturated heterocycles. The molecule has 6 rings (SSSR count). The zero-order valence-electron chi connectivity index (χ0n) is 23.5. The van der Waals surface area contributed by atoms with Gasteiger partial charge in [-0.2, -0.15) is 5.10 Å². The summed E-state index contributed by atoms with van der Waals surface area (Å²) in [5.74, 6) is -0.370. The lowest BCUT2D eigenvalue weighted by Gasteiger charge is -2.23. The third kappa shape index (κ3) is 6.46. The predicted molar refractivity (Wildman–Crippen MR) is 171 cm³/mol. The van der Waals surface area contributed by atoms with Crippen molar-refractivity contribution in [3.05, 3.63) is 131 Å². The fourth-order valence-corrected chi connectivity index (χ4v) is 5.99. The van der Waals surface area contributed by atoms with Crippen LogP contribution in [0.1, 0.15) is 52.7 Å². The van der Waals surface area contributed by atoms with Crippen LogP contribution in [0.5, 0.6) is 0 Å². The minimum absolute atomic E-state index is 0.0962. The Kier molecular flexibility index (Phi) is 8.91. The van der Waals surface area contributed by atoms with E-state index in [-0.39, 0.29) is 42.9 Å². The first kappa shape index (κ1) is 30.1. The Bertz CT molecular complexity index is 1980.